The summed E-state index contributed by atoms with van der Waals surface area (Å²) in [6, 6.07) is 0. The van der Waals surface area contributed by atoms with Gasteiger partial charge in [0.2, 0.25) is 0 Å². The fourth-order valence-electron chi connectivity index (χ4n) is 1.52. The van der Waals surface area contributed by atoms with Crippen molar-refractivity contribution < 1.29 is 0 Å². The van der Waals surface area contributed by atoms with Crippen LogP contribution in [0.15, 0.2) is 0 Å². The van der Waals surface area contributed by atoms with Crippen molar-refractivity contribution in [3.8, 4) is 0 Å². The Bertz CT molecular complexity index is 106. The lowest BCUT2D eigenvalue weighted by Gasteiger charge is -2.27. The minimum absolute atomic E-state index is 0.949. The zero-order chi connectivity index (χ0) is 6.81. The van der Waals surface area contributed by atoms with Gasteiger partial charge in [0.05, 0.1) is 0 Å². The molecule has 0 amide bonds. The van der Waals surface area contributed by atoms with Crippen molar-refractivity contribution in [1.29, 1.82) is 0 Å². The van der Waals surface area contributed by atoms with E-state index in [4.69, 9.17) is 0 Å². The first-order valence-corrected chi connectivity index (χ1v) is 5.25. The summed E-state index contributed by atoms with van der Waals surface area (Å²) in [5.41, 5.74) is 0. The molecule has 0 spiro atoms. The van der Waals surface area contributed by atoms with E-state index < -0.39 is 0 Å². The molecule has 0 aromatic carbocycles. The number of hydrogen-bond donors (Lipinski definition) is 1. The molecule has 2 heteroatoms. The zero-order valence-corrected chi connectivity index (χ0v) is 7.12. The maximum absolute atomic E-state index is 3.41. The summed E-state index contributed by atoms with van der Waals surface area (Å²) in [7, 11) is 0. The molecular formula is C8H15NS. The molecule has 1 saturated carbocycles. The first-order valence-electron chi connectivity index (χ1n) is 4.31. The average Bonchev–Trinajstić information content (AvgIpc) is 2.29. The molecule has 1 atom stereocenters. The molecule has 10 heavy (non-hydrogen) atoms. The molecule has 1 aliphatic heterocycles. The molecule has 1 nitrogen and oxygen atoms in total. The van der Waals surface area contributed by atoms with Gasteiger partial charge in [-0.3, -0.25) is 0 Å². The molecule has 2 rings (SSSR count). The second-order valence-electron chi connectivity index (χ2n) is 3.30. The van der Waals surface area contributed by atoms with Crippen LogP contribution in [0, 0.1) is 0 Å². The second-order valence-corrected chi connectivity index (χ2v) is 4.91. The molecule has 0 bridgehead atoms. The standard InChI is InChI=1S/C8H15NS/c1-2-7(3-1)10-8-4-5-9-6-8/h7-9H,1-6H2. The summed E-state index contributed by atoms with van der Waals surface area (Å²) in [6.07, 6.45) is 5.86. The highest BCUT2D eigenvalue weighted by molar-refractivity contribution is 8.00. The second kappa shape index (κ2) is 3.14. The Morgan fingerprint density at radius 1 is 1.10 bits per heavy atom. The van der Waals surface area contributed by atoms with Crippen LogP contribution in [0.25, 0.3) is 0 Å². The van der Waals surface area contributed by atoms with Gasteiger partial charge in [-0.1, -0.05) is 6.42 Å². The Kier molecular flexibility index (Phi) is 2.19. The predicted octanol–water partition coefficient (Wildman–Crippen LogP) is 1.63. The van der Waals surface area contributed by atoms with Gasteiger partial charge < -0.3 is 5.32 Å². The fraction of sp³-hybridized carbons (Fsp3) is 1.00. The van der Waals surface area contributed by atoms with Crippen molar-refractivity contribution in [1.82, 2.24) is 5.32 Å². The molecule has 1 unspecified atom stereocenters. The van der Waals surface area contributed by atoms with Crippen molar-refractivity contribution in [3.63, 3.8) is 0 Å². The Morgan fingerprint density at radius 2 is 2.00 bits per heavy atom. The van der Waals surface area contributed by atoms with E-state index in [9.17, 15) is 0 Å². The number of rotatable bonds is 2. The van der Waals surface area contributed by atoms with Gasteiger partial charge in [-0.25, -0.2) is 0 Å². The SMILES string of the molecule is C1CC(SC2CCNC2)C1. The number of thioether (sulfide) groups is 1. The van der Waals surface area contributed by atoms with Gasteiger partial charge in [0, 0.05) is 17.0 Å². The number of nitrogens with one attached hydrogen (secondary N) is 1. The molecule has 2 aliphatic rings. The molecule has 0 aromatic heterocycles. The van der Waals surface area contributed by atoms with Gasteiger partial charge in [0.25, 0.3) is 0 Å². The highest BCUT2D eigenvalue weighted by atomic mass is 32.2. The van der Waals surface area contributed by atoms with Crippen LogP contribution in [0.3, 0.4) is 0 Å². The lowest BCUT2D eigenvalue weighted by Crippen LogP contribution is -2.19. The molecule has 1 N–H and O–H groups in total. The van der Waals surface area contributed by atoms with Gasteiger partial charge in [-0.2, -0.15) is 11.8 Å². The van der Waals surface area contributed by atoms with Crippen molar-refractivity contribution in [2.45, 2.75) is 36.2 Å². The molecule has 58 valence electrons. The quantitative estimate of drug-likeness (QED) is 0.654. The first kappa shape index (κ1) is 6.99. The summed E-state index contributed by atoms with van der Waals surface area (Å²) in [5, 5.41) is 5.39. The summed E-state index contributed by atoms with van der Waals surface area (Å²) in [5.74, 6) is 0. The van der Waals surface area contributed by atoms with Gasteiger partial charge in [0.15, 0.2) is 0 Å². The third-order valence-corrected chi connectivity index (χ3v) is 4.10. The van der Waals surface area contributed by atoms with Crippen LogP contribution in [-0.2, 0) is 0 Å². The zero-order valence-electron chi connectivity index (χ0n) is 6.31. The molecule has 1 aliphatic carbocycles. The van der Waals surface area contributed by atoms with Crippen LogP contribution in [0.4, 0.5) is 0 Å². The predicted molar refractivity (Wildman–Crippen MR) is 46.5 cm³/mol. The van der Waals surface area contributed by atoms with Crippen molar-refractivity contribution in [2.24, 2.45) is 0 Å². The van der Waals surface area contributed by atoms with Gasteiger partial charge >= 0.3 is 0 Å². The lowest BCUT2D eigenvalue weighted by molar-refractivity contribution is 0.520. The summed E-state index contributed by atoms with van der Waals surface area (Å²) >= 11 is 2.23. The minimum atomic E-state index is 0.949. The third-order valence-electron chi connectivity index (χ3n) is 2.45. The van der Waals surface area contributed by atoms with Crippen molar-refractivity contribution in [2.75, 3.05) is 13.1 Å². The molecule has 1 heterocycles. The molecular weight excluding hydrogens is 142 g/mol. The van der Waals surface area contributed by atoms with E-state index in [2.05, 4.69) is 17.1 Å². The topological polar surface area (TPSA) is 12.0 Å². The van der Waals surface area contributed by atoms with E-state index in [1.165, 1.54) is 38.8 Å². The van der Waals surface area contributed by atoms with Crippen LogP contribution in [0.5, 0.6) is 0 Å². The largest absolute Gasteiger partial charge is 0.316 e. The van der Waals surface area contributed by atoms with Gasteiger partial charge in [-0.15, -0.1) is 0 Å². The monoisotopic (exact) mass is 157 g/mol. The first-order chi connectivity index (χ1) is 4.95. The van der Waals surface area contributed by atoms with Crippen LogP contribution in [0.2, 0.25) is 0 Å². The van der Waals surface area contributed by atoms with E-state index in [0.717, 1.165) is 10.5 Å². The van der Waals surface area contributed by atoms with E-state index >= 15 is 0 Å². The lowest BCUT2D eigenvalue weighted by atomic mass is 10.00. The van der Waals surface area contributed by atoms with Crippen LogP contribution >= 0.6 is 11.8 Å². The van der Waals surface area contributed by atoms with E-state index in [-0.39, 0.29) is 0 Å². The maximum atomic E-state index is 3.41. The molecule has 0 aromatic rings. The van der Waals surface area contributed by atoms with E-state index in [1.54, 1.807) is 0 Å². The van der Waals surface area contributed by atoms with Crippen LogP contribution in [-0.4, -0.2) is 23.6 Å². The minimum Gasteiger partial charge on any atom is -0.316 e. The third kappa shape index (κ3) is 1.48. The summed E-state index contributed by atoms with van der Waals surface area (Å²) in [4.78, 5) is 0. The maximum Gasteiger partial charge on any atom is 0.0187 e. The smallest absolute Gasteiger partial charge is 0.0187 e. The van der Waals surface area contributed by atoms with Gasteiger partial charge in [0.1, 0.15) is 0 Å². The van der Waals surface area contributed by atoms with Crippen LogP contribution < -0.4 is 5.32 Å². The van der Waals surface area contributed by atoms with E-state index in [0.29, 0.717) is 0 Å². The summed E-state index contributed by atoms with van der Waals surface area (Å²) in [6.45, 7) is 2.52. The molecule has 1 saturated heterocycles. The number of hydrogen-bond acceptors (Lipinski definition) is 2. The van der Waals surface area contributed by atoms with Gasteiger partial charge in [-0.05, 0) is 25.8 Å². The normalized spacial score (nSPS) is 34.2. The highest BCUT2D eigenvalue weighted by Gasteiger charge is 2.24. The molecule has 2 fully saturated rings. The van der Waals surface area contributed by atoms with Crippen molar-refractivity contribution in [3.05, 3.63) is 0 Å². The average molecular weight is 157 g/mol. The van der Waals surface area contributed by atoms with Crippen LogP contribution in [0.1, 0.15) is 25.7 Å². The Balaban J connectivity index is 1.68. The summed E-state index contributed by atoms with van der Waals surface area (Å²) < 4.78 is 0. The molecule has 0 radical (unpaired) electrons. The van der Waals surface area contributed by atoms with Crippen molar-refractivity contribution >= 4 is 11.8 Å². The highest BCUT2D eigenvalue weighted by Crippen LogP contribution is 2.35. The van der Waals surface area contributed by atoms with E-state index in [1.807, 2.05) is 0 Å². The fourth-order valence-corrected chi connectivity index (χ4v) is 3.14. The Labute approximate surface area is 67.0 Å². The Morgan fingerprint density at radius 3 is 2.50 bits per heavy atom. The Hall–Kier alpha value is 0.310.